The molecule has 1 aliphatic rings. The predicted molar refractivity (Wildman–Crippen MR) is 23.6 cm³/mol. The minimum absolute atomic E-state index is 1.05. The smallest absolute Gasteiger partial charge is 0.347 e. The monoisotopic (exact) mass is 132 g/mol. The Kier molecular flexibility index (Phi) is 0.901. The zero-order valence-electron chi connectivity index (χ0n) is 4.24. The zero-order valence-corrected chi connectivity index (χ0v) is 4.24. The molecular formula is C4H4O5. The normalized spacial score (nSPS) is 40.7. The summed E-state index contributed by atoms with van der Waals surface area (Å²) in [7, 11) is 0. The number of hydrogen-bond acceptors (Lipinski definition) is 4. The third-order valence-electron chi connectivity index (χ3n) is 1.26. The van der Waals surface area contributed by atoms with Gasteiger partial charge in [-0.3, -0.25) is 4.79 Å². The van der Waals surface area contributed by atoms with E-state index in [0.29, 0.717) is 0 Å². The van der Waals surface area contributed by atoms with Gasteiger partial charge in [0.1, 0.15) is 0 Å². The van der Waals surface area contributed by atoms with Crippen molar-refractivity contribution in [1.29, 1.82) is 0 Å². The number of aliphatic hydroxyl groups excluding tert-OH is 1. The van der Waals surface area contributed by atoms with Gasteiger partial charge in [-0.25, -0.2) is 4.79 Å². The van der Waals surface area contributed by atoms with Crippen LogP contribution in [0.25, 0.3) is 0 Å². The standard InChI is InChI=1S/C4H4O5/c5-1-2(6)4(1,9)3(7)8/h1,5,9H,(H,7,8). The first-order valence-electron chi connectivity index (χ1n) is 2.19. The van der Waals surface area contributed by atoms with Crippen LogP contribution in [0.1, 0.15) is 0 Å². The van der Waals surface area contributed by atoms with Crippen LogP contribution in [0, 0.1) is 0 Å². The molecule has 2 atom stereocenters. The number of ketones is 1. The van der Waals surface area contributed by atoms with Crippen molar-refractivity contribution in [3.8, 4) is 0 Å². The van der Waals surface area contributed by atoms with E-state index in [1.54, 1.807) is 0 Å². The molecule has 0 aromatic rings. The Morgan fingerprint density at radius 2 is 2.00 bits per heavy atom. The number of carbonyl (C=O) groups excluding carboxylic acids is 1. The maximum Gasteiger partial charge on any atom is 0.347 e. The average Bonchev–Trinajstić information content (AvgIpc) is 2.22. The summed E-state index contributed by atoms with van der Waals surface area (Å²) in [6.07, 6.45) is -1.73. The summed E-state index contributed by atoms with van der Waals surface area (Å²) in [6, 6.07) is 0. The zero-order chi connectivity index (χ0) is 7.23. The van der Waals surface area contributed by atoms with E-state index in [1.807, 2.05) is 0 Å². The summed E-state index contributed by atoms with van der Waals surface area (Å²) in [6.45, 7) is 0. The first kappa shape index (κ1) is 6.18. The fourth-order valence-corrected chi connectivity index (χ4v) is 0.501. The van der Waals surface area contributed by atoms with Crippen molar-refractivity contribution >= 4 is 11.8 Å². The molecule has 5 heteroatoms. The molecule has 0 amide bonds. The second-order valence-corrected chi connectivity index (χ2v) is 1.84. The van der Waals surface area contributed by atoms with Gasteiger partial charge in [0, 0.05) is 0 Å². The quantitative estimate of drug-likeness (QED) is 0.350. The fraction of sp³-hybridized carbons (Fsp3) is 0.500. The molecule has 9 heavy (non-hydrogen) atoms. The van der Waals surface area contributed by atoms with Gasteiger partial charge in [0.2, 0.25) is 5.78 Å². The van der Waals surface area contributed by atoms with Crippen LogP contribution in [0.5, 0.6) is 0 Å². The Morgan fingerprint density at radius 3 is 2.00 bits per heavy atom. The Hall–Kier alpha value is -0.940. The van der Waals surface area contributed by atoms with Crippen LogP contribution >= 0.6 is 0 Å². The van der Waals surface area contributed by atoms with Gasteiger partial charge in [0.15, 0.2) is 6.10 Å². The van der Waals surface area contributed by atoms with Crippen molar-refractivity contribution in [2.24, 2.45) is 0 Å². The first-order valence-corrected chi connectivity index (χ1v) is 2.19. The van der Waals surface area contributed by atoms with E-state index in [0.717, 1.165) is 0 Å². The number of aliphatic carboxylic acids is 1. The molecule has 1 rings (SSSR count). The topological polar surface area (TPSA) is 94.8 Å². The predicted octanol–water partition coefficient (Wildman–Crippen LogP) is -2.25. The number of carbonyl (C=O) groups is 2. The molecule has 1 saturated carbocycles. The number of carboxylic acids is 1. The minimum atomic E-state index is -2.50. The molecule has 0 radical (unpaired) electrons. The van der Waals surface area contributed by atoms with Crippen LogP contribution in [0.3, 0.4) is 0 Å². The molecule has 1 aliphatic carbocycles. The van der Waals surface area contributed by atoms with Crippen molar-refractivity contribution < 1.29 is 24.9 Å². The Labute approximate surface area is 49.5 Å². The van der Waals surface area contributed by atoms with E-state index in [2.05, 4.69) is 0 Å². The third kappa shape index (κ3) is 0.498. The summed E-state index contributed by atoms with van der Waals surface area (Å²) < 4.78 is 0. The summed E-state index contributed by atoms with van der Waals surface area (Å²) in [4.78, 5) is 20.0. The van der Waals surface area contributed by atoms with E-state index in [9.17, 15) is 9.59 Å². The SMILES string of the molecule is O=C(O)C1(O)C(=O)C1O. The largest absolute Gasteiger partial charge is 0.479 e. The third-order valence-corrected chi connectivity index (χ3v) is 1.26. The Morgan fingerprint density at radius 1 is 1.67 bits per heavy atom. The lowest BCUT2D eigenvalue weighted by atomic mass is 10.3. The number of rotatable bonds is 1. The summed E-state index contributed by atoms with van der Waals surface area (Å²) in [5.74, 6) is -2.74. The van der Waals surface area contributed by atoms with Crippen molar-refractivity contribution in [1.82, 2.24) is 0 Å². The molecule has 1 fully saturated rings. The van der Waals surface area contributed by atoms with Gasteiger partial charge in [-0.1, -0.05) is 0 Å². The van der Waals surface area contributed by atoms with Crippen LogP contribution < -0.4 is 0 Å². The summed E-state index contributed by atoms with van der Waals surface area (Å²) >= 11 is 0. The van der Waals surface area contributed by atoms with E-state index >= 15 is 0 Å². The van der Waals surface area contributed by atoms with Crippen LogP contribution in [-0.4, -0.2) is 38.8 Å². The van der Waals surface area contributed by atoms with Gasteiger partial charge in [0.05, 0.1) is 0 Å². The van der Waals surface area contributed by atoms with Crippen LogP contribution in [0.15, 0.2) is 0 Å². The maximum atomic E-state index is 10.1. The van der Waals surface area contributed by atoms with E-state index in [4.69, 9.17) is 15.3 Å². The van der Waals surface area contributed by atoms with Gasteiger partial charge in [0.25, 0.3) is 5.60 Å². The molecular weight excluding hydrogens is 128 g/mol. The van der Waals surface area contributed by atoms with Crippen molar-refractivity contribution in [2.75, 3.05) is 0 Å². The molecule has 2 unspecified atom stereocenters. The highest BCUT2D eigenvalue weighted by Crippen LogP contribution is 2.30. The molecule has 0 aliphatic heterocycles. The highest BCUT2D eigenvalue weighted by Gasteiger charge is 2.70. The van der Waals surface area contributed by atoms with Gasteiger partial charge in [-0.15, -0.1) is 0 Å². The Balaban J connectivity index is 2.83. The van der Waals surface area contributed by atoms with Crippen molar-refractivity contribution in [3.05, 3.63) is 0 Å². The lowest BCUT2D eigenvalue weighted by Gasteiger charge is -1.93. The number of carboxylic acid groups (broad SMARTS) is 1. The molecule has 5 nitrogen and oxygen atoms in total. The molecule has 0 aromatic carbocycles. The Bertz CT molecular complexity index is 175. The van der Waals surface area contributed by atoms with E-state index < -0.39 is 23.5 Å². The van der Waals surface area contributed by atoms with Crippen LogP contribution in [-0.2, 0) is 9.59 Å². The van der Waals surface area contributed by atoms with Crippen molar-refractivity contribution in [2.45, 2.75) is 11.7 Å². The molecule has 3 N–H and O–H groups in total. The second-order valence-electron chi connectivity index (χ2n) is 1.84. The fourth-order valence-electron chi connectivity index (χ4n) is 0.501. The molecule has 0 spiro atoms. The minimum Gasteiger partial charge on any atom is -0.479 e. The maximum absolute atomic E-state index is 10.1. The molecule has 0 bridgehead atoms. The van der Waals surface area contributed by atoms with Crippen molar-refractivity contribution in [3.63, 3.8) is 0 Å². The van der Waals surface area contributed by atoms with Gasteiger partial charge < -0.3 is 15.3 Å². The average molecular weight is 132 g/mol. The first-order chi connectivity index (χ1) is 4.01. The summed E-state index contributed by atoms with van der Waals surface area (Å²) in [5.41, 5.74) is -2.50. The lowest BCUT2D eigenvalue weighted by Crippen LogP contribution is -2.27. The summed E-state index contributed by atoms with van der Waals surface area (Å²) in [5, 5.41) is 24.9. The van der Waals surface area contributed by atoms with E-state index in [-0.39, 0.29) is 0 Å². The van der Waals surface area contributed by atoms with Gasteiger partial charge >= 0.3 is 5.97 Å². The van der Waals surface area contributed by atoms with Crippen LogP contribution in [0.4, 0.5) is 0 Å². The number of Topliss-reactive ketones (excluding diaryl/α,β-unsaturated/α-hetero) is 1. The second kappa shape index (κ2) is 1.31. The van der Waals surface area contributed by atoms with Gasteiger partial charge in [-0.05, 0) is 0 Å². The molecule has 0 saturated heterocycles. The number of hydrogen-bond donors (Lipinski definition) is 3. The van der Waals surface area contributed by atoms with Crippen LogP contribution in [0.2, 0.25) is 0 Å². The highest BCUT2D eigenvalue weighted by molar-refractivity contribution is 6.24. The van der Waals surface area contributed by atoms with E-state index in [1.165, 1.54) is 0 Å². The van der Waals surface area contributed by atoms with Gasteiger partial charge in [-0.2, -0.15) is 0 Å². The number of aliphatic hydroxyl groups is 2. The molecule has 50 valence electrons. The lowest BCUT2D eigenvalue weighted by molar-refractivity contribution is -0.152. The highest BCUT2D eigenvalue weighted by atomic mass is 16.4. The molecule has 0 aromatic heterocycles. The molecule has 0 heterocycles.